The van der Waals surface area contributed by atoms with Gasteiger partial charge in [0.25, 0.3) is 0 Å². The minimum atomic E-state index is -3.42. The molecule has 0 spiro atoms. The highest BCUT2D eigenvalue weighted by atomic mass is 32.2. The van der Waals surface area contributed by atoms with Gasteiger partial charge in [-0.3, -0.25) is 0 Å². The van der Waals surface area contributed by atoms with Gasteiger partial charge < -0.3 is 5.32 Å². The van der Waals surface area contributed by atoms with Crippen molar-refractivity contribution in [1.82, 2.24) is 10.0 Å². The average molecular weight is 294 g/mol. The Labute approximate surface area is 121 Å². The molecule has 0 amide bonds. The number of rotatable bonds is 3. The van der Waals surface area contributed by atoms with E-state index in [1.54, 1.807) is 6.07 Å². The summed E-state index contributed by atoms with van der Waals surface area (Å²) >= 11 is 0. The van der Waals surface area contributed by atoms with Gasteiger partial charge in [0, 0.05) is 18.6 Å². The second-order valence-corrected chi connectivity index (χ2v) is 7.94. The Bertz CT molecular complexity index is 604. The van der Waals surface area contributed by atoms with Crippen LogP contribution in [0, 0.1) is 0 Å². The van der Waals surface area contributed by atoms with Crippen LogP contribution in [0.2, 0.25) is 0 Å². The third-order valence-electron chi connectivity index (χ3n) is 4.46. The fourth-order valence-corrected chi connectivity index (χ4v) is 4.77. The minimum absolute atomic E-state index is 0.283. The van der Waals surface area contributed by atoms with Gasteiger partial charge >= 0.3 is 0 Å². The molecule has 4 nitrogen and oxygen atoms in total. The lowest BCUT2D eigenvalue weighted by Gasteiger charge is -2.34. The van der Waals surface area contributed by atoms with Gasteiger partial charge in [0.15, 0.2) is 0 Å². The first-order valence-electron chi connectivity index (χ1n) is 7.35. The Kier molecular flexibility index (Phi) is 3.60. The Morgan fingerprint density at radius 2 is 1.80 bits per heavy atom. The summed E-state index contributed by atoms with van der Waals surface area (Å²) < 4.78 is 28.1. The molecule has 0 atom stereocenters. The van der Waals surface area contributed by atoms with E-state index in [4.69, 9.17) is 0 Å². The predicted octanol–water partition coefficient (Wildman–Crippen LogP) is 2.29. The fourth-order valence-electron chi connectivity index (χ4n) is 3.26. The molecule has 2 N–H and O–H groups in total. The topological polar surface area (TPSA) is 58.2 Å². The Balaban J connectivity index is 1.84. The first kappa shape index (κ1) is 14.0. The van der Waals surface area contributed by atoms with Crippen molar-refractivity contribution < 1.29 is 8.42 Å². The molecule has 110 valence electrons. The summed E-state index contributed by atoms with van der Waals surface area (Å²) in [6.45, 7) is 3.62. The summed E-state index contributed by atoms with van der Waals surface area (Å²) in [7, 11) is -3.42. The van der Waals surface area contributed by atoms with Crippen molar-refractivity contribution in [3.63, 3.8) is 0 Å². The molecule has 20 heavy (non-hydrogen) atoms. The van der Waals surface area contributed by atoms with Crippen molar-refractivity contribution >= 4 is 10.0 Å². The van der Waals surface area contributed by atoms with E-state index in [0.717, 1.165) is 44.3 Å². The van der Waals surface area contributed by atoms with Crippen molar-refractivity contribution in [2.45, 2.75) is 62.6 Å². The molecule has 5 heteroatoms. The van der Waals surface area contributed by atoms with Crippen LogP contribution in [0.25, 0.3) is 0 Å². The third-order valence-corrected chi connectivity index (χ3v) is 6.09. The summed E-state index contributed by atoms with van der Waals surface area (Å²) in [5, 5.41) is 3.24. The lowest BCUT2D eigenvalue weighted by atomic mass is 9.84. The maximum absolute atomic E-state index is 12.6. The smallest absolute Gasteiger partial charge is 0.241 e. The molecule has 0 unspecified atom stereocenters. The van der Waals surface area contributed by atoms with E-state index in [2.05, 4.69) is 10.0 Å². The number of hydrogen-bond donors (Lipinski definition) is 2. The van der Waals surface area contributed by atoms with E-state index in [9.17, 15) is 8.42 Å². The fraction of sp³-hybridized carbons (Fsp3) is 0.600. The van der Waals surface area contributed by atoms with Gasteiger partial charge in [-0.15, -0.1) is 0 Å². The summed E-state index contributed by atoms with van der Waals surface area (Å²) in [6, 6.07) is 5.46. The van der Waals surface area contributed by atoms with Crippen LogP contribution in [0.4, 0.5) is 0 Å². The average Bonchev–Trinajstić information content (AvgIpc) is 2.85. The van der Waals surface area contributed by atoms with E-state index in [1.165, 1.54) is 12.0 Å². The number of sulfonamides is 1. The van der Waals surface area contributed by atoms with Gasteiger partial charge in [-0.25, -0.2) is 13.1 Å². The second kappa shape index (κ2) is 5.13. The van der Waals surface area contributed by atoms with E-state index in [-0.39, 0.29) is 5.54 Å². The van der Waals surface area contributed by atoms with E-state index < -0.39 is 10.0 Å². The lowest BCUT2D eigenvalue weighted by molar-refractivity contribution is 0.294. The molecule has 2 aliphatic rings. The quantitative estimate of drug-likeness (QED) is 0.899. The SMILES string of the molecule is CC1(NS(=O)(=O)c2ccc3c(c2)CNC3)CCCCC1. The largest absolute Gasteiger partial charge is 0.309 e. The van der Waals surface area contributed by atoms with Crippen LogP contribution >= 0.6 is 0 Å². The third kappa shape index (κ3) is 2.75. The summed E-state index contributed by atoms with van der Waals surface area (Å²) in [5.41, 5.74) is 2.02. The number of nitrogens with one attached hydrogen (secondary N) is 2. The molecular formula is C15H22N2O2S. The molecule has 3 rings (SSSR count). The molecule has 0 bridgehead atoms. The lowest BCUT2D eigenvalue weighted by Crippen LogP contribution is -2.47. The summed E-state index contributed by atoms with van der Waals surface area (Å²) in [5.74, 6) is 0. The van der Waals surface area contributed by atoms with Crippen molar-refractivity contribution in [3.8, 4) is 0 Å². The Morgan fingerprint density at radius 1 is 1.10 bits per heavy atom. The molecule has 0 saturated heterocycles. The minimum Gasteiger partial charge on any atom is -0.309 e. The highest BCUT2D eigenvalue weighted by molar-refractivity contribution is 7.89. The van der Waals surface area contributed by atoms with Crippen molar-refractivity contribution in [1.29, 1.82) is 0 Å². The molecule has 0 radical (unpaired) electrons. The first-order chi connectivity index (χ1) is 9.49. The van der Waals surface area contributed by atoms with Crippen LogP contribution in [-0.2, 0) is 23.1 Å². The molecule has 0 aromatic heterocycles. The molecule has 1 heterocycles. The number of benzene rings is 1. The van der Waals surface area contributed by atoms with Crippen LogP contribution in [0.3, 0.4) is 0 Å². The van der Waals surface area contributed by atoms with Crippen LogP contribution in [0.1, 0.15) is 50.2 Å². The summed E-state index contributed by atoms with van der Waals surface area (Å²) in [4.78, 5) is 0.395. The maximum Gasteiger partial charge on any atom is 0.241 e. The van der Waals surface area contributed by atoms with Gasteiger partial charge in [-0.05, 0) is 43.0 Å². The predicted molar refractivity (Wildman–Crippen MR) is 78.8 cm³/mol. The van der Waals surface area contributed by atoms with Crippen molar-refractivity contribution in [2.75, 3.05) is 0 Å². The molecule has 1 saturated carbocycles. The van der Waals surface area contributed by atoms with Crippen molar-refractivity contribution in [2.24, 2.45) is 0 Å². The Morgan fingerprint density at radius 3 is 2.55 bits per heavy atom. The first-order valence-corrected chi connectivity index (χ1v) is 8.83. The highest BCUT2D eigenvalue weighted by Crippen LogP contribution is 2.30. The zero-order valence-corrected chi connectivity index (χ0v) is 12.7. The normalized spacial score (nSPS) is 21.6. The molecule has 1 aromatic carbocycles. The van der Waals surface area contributed by atoms with Gasteiger partial charge in [0.05, 0.1) is 4.90 Å². The second-order valence-electron chi connectivity index (χ2n) is 6.26. The highest BCUT2D eigenvalue weighted by Gasteiger charge is 2.32. The van der Waals surface area contributed by atoms with Gasteiger partial charge in [-0.2, -0.15) is 0 Å². The molecular weight excluding hydrogens is 272 g/mol. The summed E-state index contributed by atoms with van der Waals surface area (Å²) in [6.07, 6.45) is 5.28. The zero-order chi connectivity index (χ0) is 14.2. The Hall–Kier alpha value is -0.910. The van der Waals surface area contributed by atoms with Crippen molar-refractivity contribution in [3.05, 3.63) is 29.3 Å². The van der Waals surface area contributed by atoms with Gasteiger partial charge in [0.1, 0.15) is 0 Å². The van der Waals surface area contributed by atoms with E-state index in [0.29, 0.717) is 4.90 Å². The molecule has 1 aliphatic carbocycles. The van der Waals surface area contributed by atoms with Crippen LogP contribution in [-0.4, -0.2) is 14.0 Å². The monoisotopic (exact) mass is 294 g/mol. The molecule has 1 aromatic rings. The van der Waals surface area contributed by atoms with E-state index in [1.807, 2.05) is 19.1 Å². The van der Waals surface area contributed by atoms with Gasteiger partial charge in [-0.1, -0.05) is 25.3 Å². The van der Waals surface area contributed by atoms with Crippen LogP contribution in [0.5, 0.6) is 0 Å². The van der Waals surface area contributed by atoms with Crippen LogP contribution in [0.15, 0.2) is 23.1 Å². The van der Waals surface area contributed by atoms with Crippen LogP contribution < -0.4 is 10.0 Å². The number of fused-ring (bicyclic) bond motifs is 1. The molecule has 1 aliphatic heterocycles. The zero-order valence-electron chi connectivity index (χ0n) is 11.9. The standard InChI is InChI=1S/C15H22N2O2S/c1-15(7-3-2-4-8-15)17-20(18,19)14-6-5-12-10-16-11-13(12)9-14/h5-6,9,16-17H,2-4,7-8,10-11H2,1H3. The van der Waals surface area contributed by atoms with E-state index >= 15 is 0 Å². The van der Waals surface area contributed by atoms with Gasteiger partial charge in [0.2, 0.25) is 10.0 Å². The molecule has 1 fully saturated rings. The number of hydrogen-bond acceptors (Lipinski definition) is 3. The maximum atomic E-state index is 12.6.